The van der Waals surface area contributed by atoms with Crippen LogP contribution in [0.25, 0.3) is 0 Å². The van der Waals surface area contributed by atoms with Crippen LogP contribution in [0.1, 0.15) is 39.0 Å². The van der Waals surface area contributed by atoms with Crippen molar-refractivity contribution >= 4 is 5.96 Å². The SMILES string of the molecule is CN=C(NCC1(C)CCCCC1O)N(C)CC1CCOC1. The number of rotatable bonds is 4. The van der Waals surface area contributed by atoms with Gasteiger partial charge in [0, 0.05) is 45.1 Å². The molecule has 1 heterocycles. The number of aliphatic hydroxyl groups is 1. The zero-order valence-corrected chi connectivity index (χ0v) is 13.8. The minimum atomic E-state index is -0.203. The molecule has 0 aromatic rings. The molecule has 0 bridgehead atoms. The predicted octanol–water partition coefficient (Wildman–Crippen LogP) is 1.47. The molecule has 21 heavy (non-hydrogen) atoms. The Morgan fingerprint density at radius 3 is 2.86 bits per heavy atom. The first-order chi connectivity index (χ1) is 10.0. The molecule has 1 aliphatic heterocycles. The van der Waals surface area contributed by atoms with Crippen molar-refractivity contribution in [1.82, 2.24) is 10.2 Å². The summed E-state index contributed by atoms with van der Waals surface area (Å²) in [6, 6.07) is 0. The van der Waals surface area contributed by atoms with E-state index >= 15 is 0 Å². The van der Waals surface area contributed by atoms with Gasteiger partial charge in [0.25, 0.3) is 0 Å². The molecule has 5 heteroatoms. The fourth-order valence-corrected chi connectivity index (χ4v) is 3.45. The van der Waals surface area contributed by atoms with Crippen LogP contribution in [-0.4, -0.2) is 62.5 Å². The van der Waals surface area contributed by atoms with Gasteiger partial charge >= 0.3 is 0 Å². The van der Waals surface area contributed by atoms with E-state index in [1.165, 1.54) is 6.42 Å². The smallest absolute Gasteiger partial charge is 0.193 e. The number of aliphatic hydroxyl groups excluding tert-OH is 1. The van der Waals surface area contributed by atoms with E-state index in [4.69, 9.17) is 4.74 Å². The highest BCUT2D eigenvalue weighted by Crippen LogP contribution is 2.35. The average Bonchev–Trinajstić information content (AvgIpc) is 2.96. The van der Waals surface area contributed by atoms with Gasteiger partial charge in [-0.05, 0) is 19.3 Å². The fourth-order valence-electron chi connectivity index (χ4n) is 3.45. The molecule has 122 valence electrons. The number of guanidine groups is 1. The van der Waals surface area contributed by atoms with Gasteiger partial charge in [-0.1, -0.05) is 19.8 Å². The Morgan fingerprint density at radius 2 is 2.24 bits per heavy atom. The van der Waals surface area contributed by atoms with E-state index in [1.807, 2.05) is 7.05 Å². The Morgan fingerprint density at radius 1 is 1.43 bits per heavy atom. The Hall–Kier alpha value is -0.810. The van der Waals surface area contributed by atoms with Crippen LogP contribution in [0.15, 0.2) is 4.99 Å². The molecule has 2 rings (SSSR count). The first-order valence-corrected chi connectivity index (χ1v) is 8.23. The molecule has 0 amide bonds. The first kappa shape index (κ1) is 16.6. The van der Waals surface area contributed by atoms with Crippen molar-refractivity contribution in [2.75, 3.05) is 40.4 Å². The quantitative estimate of drug-likeness (QED) is 0.609. The van der Waals surface area contributed by atoms with Crippen LogP contribution >= 0.6 is 0 Å². The maximum atomic E-state index is 10.3. The van der Waals surface area contributed by atoms with Crippen LogP contribution in [-0.2, 0) is 4.74 Å². The van der Waals surface area contributed by atoms with E-state index in [1.54, 1.807) is 0 Å². The predicted molar refractivity (Wildman–Crippen MR) is 85.5 cm³/mol. The molecule has 5 nitrogen and oxygen atoms in total. The number of nitrogens with one attached hydrogen (secondary N) is 1. The Kier molecular flexibility index (Phi) is 5.88. The second-order valence-electron chi connectivity index (χ2n) is 6.93. The van der Waals surface area contributed by atoms with Crippen LogP contribution < -0.4 is 5.32 Å². The highest BCUT2D eigenvalue weighted by Gasteiger charge is 2.35. The van der Waals surface area contributed by atoms with Gasteiger partial charge in [0.1, 0.15) is 0 Å². The van der Waals surface area contributed by atoms with Gasteiger partial charge < -0.3 is 20.1 Å². The van der Waals surface area contributed by atoms with Crippen molar-refractivity contribution in [2.45, 2.75) is 45.1 Å². The number of nitrogens with zero attached hydrogens (tertiary/aromatic N) is 2. The lowest BCUT2D eigenvalue weighted by molar-refractivity contribution is 0.00367. The van der Waals surface area contributed by atoms with Gasteiger partial charge in [-0.15, -0.1) is 0 Å². The van der Waals surface area contributed by atoms with Crippen molar-refractivity contribution in [3.63, 3.8) is 0 Å². The monoisotopic (exact) mass is 297 g/mol. The highest BCUT2D eigenvalue weighted by molar-refractivity contribution is 5.79. The molecule has 1 saturated heterocycles. The lowest BCUT2D eigenvalue weighted by Crippen LogP contribution is -2.49. The number of hydrogen-bond donors (Lipinski definition) is 2. The van der Waals surface area contributed by atoms with Gasteiger partial charge in [-0.3, -0.25) is 4.99 Å². The summed E-state index contributed by atoms with van der Waals surface area (Å²) < 4.78 is 5.44. The van der Waals surface area contributed by atoms with Crippen LogP contribution in [0.4, 0.5) is 0 Å². The standard InChI is InChI=1S/C16H31N3O2/c1-16(8-5-4-6-14(16)20)12-18-15(17-2)19(3)10-13-7-9-21-11-13/h13-14,20H,4-12H2,1-3H3,(H,17,18). The lowest BCUT2D eigenvalue weighted by Gasteiger charge is -2.39. The maximum Gasteiger partial charge on any atom is 0.193 e. The number of aliphatic imine (C=N–C) groups is 1. The second kappa shape index (κ2) is 7.45. The zero-order valence-electron chi connectivity index (χ0n) is 13.8. The number of hydrogen-bond acceptors (Lipinski definition) is 3. The summed E-state index contributed by atoms with van der Waals surface area (Å²) in [5, 5.41) is 13.7. The Balaban J connectivity index is 1.83. The summed E-state index contributed by atoms with van der Waals surface area (Å²) in [7, 11) is 3.90. The van der Waals surface area contributed by atoms with E-state index < -0.39 is 0 Å². The van der Waals surface area contributed by atoms with Crippen molar-refractivity contribution in [1.29, 1.82) is 0 Å². The molecule has 2 aliphatic rings. The molecule has 1 saturated carbocycles. The normalized spacial score (nSPS) is 34.0. The average molecular weight is 297 g/mol. The molecule has 1 aliphatic carbocycles. The summed E-state index contributed by atoms with van der Waals surface area (Å²) in [4.78, 5) is 6.56. The van der Waals surface area contributed by atoms with E-state index in [2.05, 4.69) is 29.2 Å². The van der Waals surface area contributed by atoms with Crippen LogP contribution in [0.3, 0.4) is 0 Å². The summed E-state index contributed by atoms with van der Waals surface area (Å²) in [6.45, 7) is 5.68. The van der Waals surface area contributed by atoms with Gasteiger partial charge in [-0.25, -0.2) is 0 Å². The Bertz CT molecular complexity index is 355. The molecule has 2 fully saturated rings. The Labute approximate surface area is 128 Å². The van der Waals surface area contributed by atoms with Crippen LogP contribution in [0, 0.1) is 11.3 Å². The van der Waals surface area contributed by atoms with Gasteiger partial charge in [0.15, 0.2) is 5.96 Å². The van der Waals surface area contributed by atoms with E-state index in [-0.39, 0.29) is 11.5 Å². The number of ether oxygens (including phenoxy) is 1. The summed E-state index contributed by atoms with van der Waals surface area (Å²) in [5.41, 5.74) is -0.0362. The van der Waals surface area contributed by atoms with Crippen molar-refractivity contribution in [3.05, 3.63) is 0 Å². The third-order valence-corrected chi connectivity index (χ3v) is 5.06. The maximum absolute atomic E-state index is 10.3. The third kappa shape index (κ3) is 4.33. The fraction of sp³-hybridized carbons (Fsp3) is 0.938. The zero-order chi connectivity index (χ0) is 15.3. The third-order valence-electron chi connectivity index (χ3n) is 5.06. The van der Waals surface area contributed by atoms with Crippen LogP contribution in [0.2, 0.25) is 0 Å². The van der Waals surface area contributed by atoms with Gasteiger partial charge in [-0.2, -0.15) is 0 Å². The molecule has 3 atom stereocenters. The van der Waals surface area contributed by atoms with Crippen molar-refractivity contribution in [3.8, 4) is 0 Å². The largest absolute Gasteiger partial charge is 0.392 e. The molecule has 0 aromatic carbocycles. The molecular weight excluding hydrogens is 266 g/mol. The summed E-state index contributed by atoms with van der Waals surface area (Å²) in [6.07, 6.45) is 5.29. The minimum Gasteiger partial charge on any atom is -0.392 e. The molecule has 3 unspecified atom stereocenters. The summed E-state index contributed by atoms with van der Waals surface area (Å²) >= 11 is 0. The van der Waals surface area contributed by atoms with Gasteiger partial charge in [0.2, 0.25) is 0 Å². The van der Waals surface area contributed by atoms with Crippen molar-refractivity contribution < 1.29 is 9.84 Å². The highest BCUT2D eigenvalue weighted by atomic mass is 16.5. The lowest BCUT2D eigenvalue weighted by atomic mass is 9.73. The molecule has 0 radical (unpaired) electrons. The van der Waals surface area contributed by atoms with E-state index in [0.717, 1.165) is 57.9 Å². The second-order valence-corrected chi connectivity index (χ2v) is 6.93. The molecule has 2 N–H and O–H groups in total. The molecule has 0 aromatic heterocycles. The van der Waals surface area contributed by atoms with Gasteiger partial charge in [0.05, 0.1) is 12.7 Å². The molecule has 0 spiro atoms. The van der Waals surface area contributed by atoms with E-state index in [9.17, 15) is 5.11 Å². The van der Waals surface area contributed by atoms with Crippen molar-refractivity contribution in [2.24, 2.45) is 16.3 Å². The molecular formula is C16H31N3O2. The minimum absolute atomic E-state index is 0.0362. The summed E-state index contributed by atoms with van der Waals surface area (Å²) in [5.74, 6) is 1.52. The first-order valence-electron chi connectivity index (χ1n) is 8.23. The van der Waals surface area contributed by atoms with Crippen LogP contribution in [0.5, 0.6) is 0 Å². The topological polar surface area (TPSA) is 57.1 Å². The van der Waals surface area contributed by atoms with E-state index in [0.29, 0.717) is 5.92 Å².